The Balaban J connectivity index is 2.09. The third-order valence-corrected chi connectivity index (χ3v) is 2.61. The van der Waals surface area contributed by atoms with Gasteiger partial charge in [-0.05, 0) is 20.3 Å². The fourth-order valence-corrected chi connectivity index (χ4v) is 1.74. The van der Waals surface area contributed by atoms with E-state index in [0.29, 0.717) is 18.6 Å². The Hall–Kier alpha value is -0.610. The number of likely N-dealkylation sites (N-methyl/N-ethyl adjacent to an activating group) is 1. The number of nitrogens with one attached hydrogen (secondary N) is 1. The molecule has 1 heterocycles. The number of ether oxygens (including phenoxy) is 1. The molecule has 88 valence electrons. The number of carbonyl (C=O) groups excluding carboxylic acids is 1. The Labute approximate surface area is 92.0 Å². The van der Waals surface area contributed by atoms with Crippen molar-refractivity contribution in [1.82, 2.24) is 10.2 Å². The zero-order valence-electron chi connectivity index (χ0n) is 9.95. The smallest absolute Gasteiger partial charge is 0.222 e. The average molecular weight is 214 g/mol. The summed E-state index contributed by atoms with van der Waals surface area (Å²) in [5.41, 5.74) is 0. The van der Waals surface area contributed by atoms with Crippen LogP contribution >= 0.6 is 0 Å². The minimum Gasteiger partial charge on any atom is -0.377 e. The van der Waals surface area contributed by atoms with Crippen molar-refractivity contribution in [2.75, 3.05) is 26.7 Å². The Kier molecular flexibility index (Phi) is 5.05. The van der Waals surface area contributed by atoms with Gasteiger partial charge in [0.25, 0.3) is 0 Å². The number of rotatable bonds is 5. The monoisotopic (exact) mass is 214 g/mol. The van der Waals surface area contributed by atoms with E-state index in [0.717, 1.165) is 26.1 Å². The first kappa shape index (κ1) is 12.5. The molecule has 1 unspecified atom stereocenters. The molecule has 0 aromatic heterocycles. The molecule has 0 aliphatic carbocycles. The molecule has 0 spiro atoms. The zero-order valence-corrected chi connectivity index (χ0v) is 9.95. The van der Waals surface area contributed by atoms with E-state index >= 15 is 0 Å². The van der Waals surface area contributed by atoms with Crippen LogP contribution < -0.4 is 5.32 Å². The van der Waals surface area contributed by atoms with Crippen molar-refractivity contribution < 1.29 is 9.53 Å². The molecular formula is C11H22N2O2. The predicted octanol–water partition coefficient (Wildman–Crippen LogP) is 0.622. The van der Waals surface area contributed by atoms with Crippen molar-refractivity contribution in [3.05, 3.63) is 0 Å². The molecule has 0 aromatic rings. The topological polar surface area (TPSA) is 41.6 Å². The molecule has 4 nitrogen and oxygen atoms in total. The fraction of sp³-hybridized carbons (Fsp3) is 0.909. The Morgan fingerprint density at radius 3 is 2.93 bits per heavy atom. The molecule has 1 aliphatic rings. The standard InChI is InChI=1S/C11H22N2O2/c1-9(2)15-7-6-12-10-4-5-11(14)13(3)8-10/h9-10,12H,4-8H2,1-3H3. The largest absolute Gasteiger partial charge is 0.377 e. The van der Waals surface area contributed by atoms with Crippen molar-refractivity contribution in [2.24, 2.45) is 0 Å². The molecule has 1 amide bonds. The third kappa shape index (κ3) is 4.62. The van der Waals surface area contributed by atoms with E-state index in [1.165, 1.54) is 0 Å². The van der Waals surface area contributed by atoms with Crippen LogP contribution in [0, 0.1) is 0 Å². The molecule has 0 bridgehead atoms. The quantitative estimate of drug-likeness (QED) is 0.682. The van der Waals surface area contributed by atoms with Gasteiger partial charge in [0.1, 0.15) is 0 Å². The Morgan fingerprint density at radius 2 is 2.33 bits per heavy atom. The van der Waals surface area contributed by atoms with Gasteiger partial charge in [0, 0.05) is 32.6 Å². The minimum atomic E-state index is 0.256. The molecular weight excluding hydrogens is 192 g/mol. The second-order valence-electron chi connectivity index (χ2n) is 4.38. The molecule has 0 aromatic carbocycles. The second kappa shape index (κ2) is 6.08. The number of likely N-dealkylation sites (tertiary alicyclic amines) is 1. The molecule has 1 rings (SSSR count). The summed E-state index contributed by atoms with van der Waals surface area (Å²) in [6.45, 7) is 6.50. The molecule has 15 heavy (non-hydrogen) atoms. The number of amides is 1. The van der Waals surface area contributed by atoms with Crippen LogP contribution in [-0.2, 0) is 9.53 Å². The summed E-state index contributed by atoms with van der Waals surface area (Å²) >= 11 is 0. The summed E-state index contributed by atoms with van der Waals surface area (Å²) in [7, 11) is 1.86. The third-order valence-electron chi connectivity index (χ3n) is 2.61. The van der Waals surface area contributed by atoms with Gasteiger partial charge in [-0.3, -0.25) is 4.79 Å². The van der Waals surface area contributed by atoms with Crippen LogP contribution in [0.1, 0.15) is 26.7 Å². The molecule has 4 heteroatoms. The van der Waals surface area contributed by atoms with Gasteiger partial charge in [-0.1, -0.05) is 0 Å². The normalized spacial score (nSPS) is 22.5. The first-order chi connectivity index (χ1) is 7.09. The van der Waals surface area contributed by atoms with Crippen LogP contribution in [0.3, 0.4) is 0 Å². The lowest BCUT2D eigenvalue weighted by Crippen LogP contribution is -2.47. The van der Waals surface area contributed by atoms with Crippen LogP contribution in [0.25, 0.3) is 0 Å². The van der Waals surface area contributed by atoms with E-state index in [4.69, 9.17) is 4.74 Å². The molecule has 1 atom stereocenters. The molecule has 1 saturated heterocycles. The van der Waals surface area contributed by atoms with Gasteiger partial charge >= 0.3 is 0 Å². The van der Waals surface area contributed by atoms with Crippen LogP contribution in [0.15, 0.2) is 0 Å². The molecule has 1 fully saturated rings. The zero-order chi connectivity index (χ0) is 11.3. The van der Waals surface area contributed by atoms with E-state index in [9.17, 15) is 4.79 Å². The lowest BCUT2D eigenvalue weighted by molar-refractivity contribution is -0.132. The first-order valence-electron chi connectivity index (χ1n) is 5.68. The van der Waals surface area contributed by atoms with E-state index in [1.54, 1.807) is 4.90 Å². The van der Waals surface area contributed by atoms with Gasteiger partial charge in [-0.15, -0.1) is 0 Å². The summed E-state index contributed by atoms with van der Waals surface area (Å²) in [6, 6.07) is 0.434. The maximum atomic E-state index is 11.2. The van der Waals surface area contributed by atoms with Gasteiger partial charge in [0.05, 0.1) is 12.7 Å². The van der Waals surface area contributed by atoms with E-state index in [1.807, 2.05) is 20.9 Å². The van der Waals surface area contributed by atoms with E-state index in [-0.39, 0.29) is 5.91 Å². The maximum absolute atomic E-state index is 11.2. The predicted molar refractivity (Wildman–Crippen MR) is 59.7 cm³/mol. The van der Waals surface area contributed by atoms with Crippen LogP contribution in [0.5, 0.6) is 0 Å². The highest BCUT2D eigenvalue weighted by atomic mass is 16.5. The fourth-order valence-electron chi connectivity index (χ4n) is 1.74. The molecule has 1 N–H and O–H groups in total. The average Bonchev–Trinajstić information content (AvgIpc) is 2.18. The maximum Gasteiger partial charge on any atom is 0.222 e. The van der Waals surface area contributed by atoms with Gasteiger partial charge in [-0.2, -0.15) is 0 Å². The highest BCUT2D eigenvalue weighted by molar-refractivity contribution is 5.76. The molecule has 1 aliphatic heterocycles. The molecule has 0 saturated carbocycles. The lowest BCUT2D eigenvalue weighted by Gasteiger charge is -2.30. The number of hydrogen-bond acceptors (Lipinski definition) is 3. The Morgan fingerprint density at radius 1 is 1.60 bits per heavy atom. The van der Waals surface area contributed by atoms with Crippen molar-refractivity contribution in [3.63, 3.8) is 0 Å². The van der Waals surface area contributed by atoms with Crippen LogP contribution in [-0.4, -0.2) is 49.7 Å². The van der Waals surface area contributed by atoms with Crippen molar-refractivity contribution >= 4 is 5.91 Å². The van der Waals surface area contributed by atoms with Crippen molar-refractivity contribution in [1.29, 1.82) is 0 Å². The van der Waals surface area contributed by atoms with E-state index < -0.39 is 0 Å². The summed E-state index contributed by atoms with van der Waals surface area (Å²) in [5, 5.41) is 3.41. The highest BCUT2D eigenvalue weighted by Gasteiger charge is 2.21. The van der Waals surface area contributed by atoms with Crippen molar-refractivity contribution in [3.8, 4) is 0 Å². The lowest BCUT2D eigenvalue weighted by atomic mass is 10.1. The molecule has 0 radical (unpaired) electrons. The summed E-state index contributed by atoms with van der Waals surface area (Å²) in [4.78, 5) is 13.0. The number of carbonyl (C=O) groups is 1. The SMILES string of the molecule is CC(C)OCCNC1CCC(=O)N(C)C1. The van der Waals surface area contributed by atoms with Crippen LogP contribution in [0.4, 0.5) is 0 Å². The Bertz CT molecular complexity index is 207. The van der Waals surface area contributed by atoms with Gasteiger partial charge in [0.2, 0.25) is 5.91 Å². The van der Waals surface area contributed by atoms with Gasteiger partial charge in [0.15, 0.2) is 0 Å². The van der Waals surface area contributed by atoms with Gasteiger partial charge in [-0.25, -0.2) is 0 Å². The highest BCUT2D eigenvalue weighted by Crippen LogP contribution is 2.09. The number of hydrogen-bond donors (Lipinski definition) is 1. The minimum absolute atomic E-state index is 0.256. The van der Waals surface area contributed by atoms with E-state index in [2.05, 4.69) is 5.32 Å². The van der Waals surface area contributed by atoms with Crippen LogP contribution in [0.2, 0.25) is 0 Å². The summed E-state index contributed by atoms with van der Waals surface area (Å²) in [6.07, 6.45) is 1.91. The summed E-state index contributed by atoms with van der Waals surface area (Å²) in [5.74, 6) is 0.256. The first-order valence-corrected chi connectivity index (χ1v) is 5.68. The number of nitrogens with zero attached hydrogens (tertiary/aromatic N) is 1. The second-order valence-corrected chi connectivity index (χ2v) is 4.38. The number of piperidine rings is 1. The summed E-state index contributed by atoms with van der Waals surface area (Å²) < 4.78 is 5.44. The van der Waals surface area contributed by atoms with Crippen molar-refractivity contribution in [2.45, 2.75) is 38.8 Å². The van der Waals surface area contributed by atoms with Gasteiger partial charge < -0.3 is 15.0 Å².